The van der Waals surface area contributed by atoms with Crippen LogP contribution in [0.4, 0.5) is 0 Å². The normalized spacial score (nSPS) is 21.2. The lowest BCUT2D eigenvalue weighted by Gasteiger charge is -2.41. The van der Waals surface area contributed by atoms with Crippen molar-refractivity contribution in [2.75, 3.05) is 6.61 Å². The summed E-state index contributed by atoms with van der Waals surface area (Å²) in [5.41, 5.74) is 3.22. The fourth-order valence-electron chi connectivity index (χ4n) is 4.32. The summed E-state index contributed by atoms with van der Waals surface area (Å²) in [6.07, 6.45) is -1.96. The van der Waals surface area contributed by atoms with Gasteiger partial charge in [0.25, 0.3) is 0 Å². The number of rotatable bonds is 11. The van der Waals surface area contributed by atoms with E-state index in [-0.39, 0.29) is 6.10 Å². The number of hydrogen-bond acceptors (Lipinski definition) is 5. The van der Waals surface area contributed by atoms with E-state index in [2.05, 4.69) is 28.1 Å². The fraction of sp³-hybridized carbons (Fsp3) is 0.250. The van der Waals surface area contributed by atoms with Crippen LogP contribution < -0.4 is 4.74 Å². The molecule has 1 fully saturated rings. The largest absolute Gasteiger partial charge is 0.462 e. The molecular weight excluding hydrogens is 544 g/mol. The van der Waals surface area contributed by atoms with E-state index >= 15 is 0 Å². The van der Waals surface area contributed by atoms with Gasteiger partial charge in [-0.2, -0.15) is 0 Å². The molecule has 4 aromatic carbocycles. The van der Waals surface area contributed by atoms with Crippen molar-refractivity contribution in [2.45, 2.75) is 44.4 Å². The summed E-state index contributed by atoms with van der Waals surface area (Å²) in [6.45, 7) is 1.58. The Morgan fingerprint density at radius 3 is 1.58 bits per heavy atom. The highest BCUT2D eigenvalue weighted by molar-refractivity contribution is 9.10. The van der Waals surface area contributed by atoms with E-state index in [1.807, 2.05) is 103 Å². The Bertz CT molecular complexity index is 1220. The Morgan fingerprint density at radius 1 is 0.579 bits per heavy atom. The van der Waals surface area contributed by atoms with Gasteiger partial charge in [-0.3, -0.25) is 0 Å². The van der Waals surface area contributed by atoms with Crippen LogP contribution >= 0.6 is 15.9 Å². The molecule has 4 atom stereocenters. The molecule has 2 unspecified atom stereocenters. The van der Waals surface area contributed by atoms with Crippen molar-refractivity contribution in [1.82, 2.24) is 0 Å². The Labute approximate surface area is 232 Å². The van der Waals surface area contributed by atoms with E-state index in [0.29, 0.717) is 32.2 Å². The highest BCUT2D eigenvalue weighted by Crippen LogP contribution is 2.29. The summed E-state index contributed by atoms with van der Waals surface area (Å²) >= 11 is 3.48. The second-order valence-corrected chi connectivity index (χ2v) is 10.0. The van der Waals surface area contributed by atoms with Crippen LogP contribution in [0.1, 0.15) is 16.7 Å². The van der Waals surface area contributed by atoms with Crippen molar-refractivity contribution < 1.29 is 23.7 Å². The van der Waals surface area contributed by atoms with E-state index in [0.717, 1.165) is 21.2 Å². The molecule has 0 amide bonds. The number of ether oxygens (including phenoxy) is 5. The zero-order chi connectivity index (χ0) is 26.0. The zero-order valence-electron chi connectivity index (χ0n) is 21.0. The second kappa shape index (κ2) is 13.7. The molecule has 38 heavy (non-hydrogen) atoms. The molecule has 0 aliphatic carbocycles. The van der Waals surface area contributed by atoms with E-state index < -0.39 is 18.5 Å². The van der Waals surface area contributed by atoms with Crippen LogP contribution in [0.3, 0.4) is 0 Å². The first-order valence-electron chi connectivity index (χ1n) is 12.7. The third-order valence-electron chi connectivity index (χ3n) is 6.33. The van der Waals surface area contributed by atoms with Gasteiger partial charge < -0.3 is 23.7 Å². The topological polar surface area (TPSA) is 46.2 Å². The van der Waals surface area contributed by atoms with Gasteiger partial charge >= 0.3 is 0 Å². The van der Waals surface area contributed by atoms with E-state index in [1.165, 1.54) is 0 Å². The predicted octanol–water partition coefficient (Wildman–Crippen LogP) is 6.94. The highest BCUT2D eigenvalue weighted by atomic mass is 79.9. The molecule has 5 nitrogen and oxygen atoms in total. The summed E-state index contributed by atoms with van der Waals surface area (Å²) in [5, 5.41) is 0. The Hall–Kier alpha value is -3.00. The minimum Gasteiger partial charge on any atom is -0.462 e. The van der Waals surface area contributed by atoms with Crippen molar-refractivity contribution in [1.29, 1.82) is 0 Å². The van der Waals surface area contributed by atoms with Crippen LogP contribution in [0.15, 0.2) is 120 Å². The third-order valence-corrected chi connectivity index (χ3v) is 6.86. The van der Waals surface area contributed by atoms with Gasteiger partial charge in [0.2, 0.25) is 6.29 Å². The van der Waals surface area contributed by atoms with Crippen LogP contribution in [-0.4, -0.2) is 31.2 Å². The second-order valence-electron chi connectivity index (χ2n) is 9.13. The van der Waals surface area contributed by atoms with E-state index in [4.69, 9.17) is 23.7 Å². The van der Waals surface area contributed by atoms with Crippen LogP contribution in [0, 0.1) is 0 Å². The smallest absolute Gasteiger partial charge is 0.229 e. The summed E-state index contributed by atoms with van der Waals surface area (Å²) < 4.78 is 32.9. The molecule has 5 rings (SSSR count). The van der Waals surface area contributed by atoms with Gasteiger partial charge in [0.15, 0.2) is 0 Å². The molecule has 0 radical (unpaired) electrons. The molecule has 1 aliphatic rings. The number of halogens is 1. The van der Waals surface area contributed by atoms with Gasteiger partial charge in [-0.25, -0.2) is 0 Å². The van der Waals surface area contributed by atoms with Gasteiger partial charge in [0.1, 0.15) is 24.1 Å². The molecule has 1 heterocycles. The molecule has 0 spiro atoms. The number of hydrogen-bond donors (Lipinski definition) is 0. The van der Waals surface area contributed by atoms with Gasteiger partial charge in [0, 0.05) is 4.47 Å². The SMILES string of the molecule is Brc1ccc(O[C@@H]2OC[C@@H](OCc3ccccc3)C(OCc3ccccc3)C2OCc2ccccc2)cc1. The summed E-state index contributed by atoms with van der Waals surface area (Å²) in [6, 6.07) is 38.0. The van der Waals surface area contributed by atoms with Gasteiger partial charge in [-0.15, -0.1) is 0 Å². The molecule has 196 valence electrons. The molecule has 1 aliphatic heterocycles. The lowest BCUT2D eigenvalue weighted by molar-refractivity contribution is -0.278. The average molecular weight is 575 g/mol. The van der Waals surface area contributed by atoms with Crippen LogP contribution in [0.25, 0.3) is 0 Å². The summed E-state index contributed by atoms with van der Waals surface area (Å²) in [7, 11) is 0. The fourth-order valence-corrected chi connectivity index (χ4v) is 4.59. The number of benzene rings is 4. The predicted molar refractivity (Wildman–Crippen MR) is 150 cm³/mol. The molecule has 6 heteroatoms. The maximum absolute atomic E-state index is 6.54. The maximum atomic E-state index is 6.54. The third kappa shape index (κ3) is 7.53. The molecule has 0 bridgehead atoms. The van der Waals surface area contributed by atoms with Crippen LogP contribution in [-0.2, 0) is 38.8 Å². The Morgan fingerprint density at radius 2 is 1.05 bits per heavy atom. The molecule has 4 aromatic rings. The van der Waals surface area contributed by atoms with Gasteiger partial charge in [0.05, 0.1) is 26.4 Å². The molecule has 1 saturated heterocycles. The Kier molecular flexibility index (Phi) is 9.59. The quantitative estimate of drug-likeness (QED) is 0.194. The first-order valence-corrected chi connectivity index (χ1v) is 13.5. The molecule has 0 aromatic heterocycles. The molecular formula is C32H31BrO5. The van der Waals surface area contributed by atoms with Crippen molar-refractivity contribution in [3.63, 3.8) is 0 Å². The summed E-state index contributed by atoms with van der Waals surface area (Å²) in [5.74, 6) is 0.692. The standard InChI is InChI=1S/C32H31BrO5/c33-27-16-18-28(19-17-27)38-32-31(36-22-26-14-8-3-9-15-26)30(35-21-25-12-6-2-7-13-25)29(23-37-32)34-20-24-10-4-1-5-11-24/h1-19,29-32H,20-23H2/t29-,30?,31?,32+/m1/s1. The molecule has 0 N–H and O–H groups in total. The van der Waals surface area contributed by atoms with E-state index in [1.54, 1.807) is 0 Å². The van der Waals surface area contributed by atoms with Crippen molar-refractivity contribution in [3.05, 3.63) is 136 Å². The van der Waals surface area contributed by atoms with Crippen molar-refractivity contribution in [3.8, 4) is 5.75 Å². The van der Waals surface area contributed by atoms with Crippen molar-refractivity contribution in [2.24, 2.45) is 0 Å². The van der Waals surface area contributed by atoms with Gasteiger partial charge in [-0.1, -0.05) is 107 Å². The lowest BCUT2D eigenvalue weighted by atomic mass is 10.0. The van der Waals surface area contributed by atoms with Crippen LogP contribution in [0.5, 0.6) is 5.75 Å². The summed E-state index contributed by atoms with van der Waals surface area (Å²) in [4.78, 5) is 0. The Balaban J connectivity index is 1.38. The monoisotopic (exact) mass is 574 g/mol. The van der Waals surface area contributed by atoms with E-state index in [9.17, 15) is 0 Å². The minimum atomic E-state index is -0.669. The van der Waals surface area contributed by atoms with Crippen LogP contribution in [0.2, 0.25) is 0 Å². The minimum absolute atomic E-state index is 0.318. The maximum Gasteiger partial charge on any atom is 0.229 e. The van der Waals surface area contributed by atoms with Gasteiger partial charge in [-0.05, 0) is 41.0 Å². The molecule has 0 saturated carbocycles. The average Bonchev–Trinajstić information content (AvgIpc) is 2.97. The first kappa shape index (κ1) is 26.6. The highest BCUT2D eigenvalue weighted by Gasteiger charge is 2.44. The zero-order valence-corrected chi connectivity index (χ0v) is 22.6. The lowest BCUT2D eigenvalue weighted by Crippen LogP contribution is -2.57. The van der Waals surface area contributed by atoms with Crippen molar-refractivity contribution >= 4 is 15.9 Å². The first-order chi connectivity index (χ1) is 18.7.